The summed E-state index contributed by atoms with van der Waals surface area (Å²) >= 11 is 0. The lowest BCUT2D eigenvalue weighted by Gasteiger charge is -2.01. The standard InChI is InChI=1S/C11H10N2O3/c1-2-7-12-10(14)13-8-5-3-4-6-9(8)16-11(13)15/h2-6H,1,7H2,(H,12,14). The topological polar surface area (TPSA) is 64.2 Å². The highest BCUT2D eigenvalue weighted by atomic mass is 16.4. The summed E-state index contributed by atoms with van der Waals surface area (Å²) in [5.74, 6) is -0.692. The number of nitrogens with one attached hydrogen (secondary N) is 1. The number of fused-ring (bicyclic) bond motifs is 1. The molecule has 0 bridgehead atoms. The molecule has 1 aromatic heterocycles. The highest BCUT2D eigenvalue weighted by Crippen LogP contribution is 2.10. The summed E-state index contributed by atoms with van der Waals surface area (Å²) in [5.41, 5.74) is 0.843. The van der Waals surface area contributed by atoms with Crippen molar-refractivity contribution in [2.75, 3.05) is 6.54 Å². The predicted octanol–water partition coefficient (Wildman–Crippen LogP) is 1.34. The summed E-state index contributed by atoms with van der Waals surface area (Å²) in [6, 6.07) is 6.22. The molecule has 1 N–H and O–H groups in total. The number of nitrogens with zero attached hydrogens (tertiary/aromatic N) is 1. The van der Waals surface area contributed by atoms with E-state index < -0.39 is 11.8 Å². The van der Waals surface area contributed by atoms with Crippen LogP contribution in [0.1, 0.15) is 0 Å². The number of oxazole rings is 1. The van der Waals surface area contributed by atoms with E-state index >= 15 is 0 Å². The van der Waals surface area contributed by atoms with Gasteiger partial charge >= 0.3 is 11.8 Å². The van der Waals surface area contributed by atoms with E-state index in [-0.39, 0.29) is 0 Å². The zero-order chi connectivity index (χ0) is 11.5. The Hall–Kier alpha value is -2.30. The van der Waals surface area contributed by atoms with Crippen molar-refractivity contribution in [1.82, 2.24) is 9.88 Å². The molecule has 5 nitrogen and oxygen atoms in total. The Morgan fingerprint density at radius 1 is 1.50 bits per heavy atom. The molecule has 0 saturated carbocycles. The maximum atomic E-state index is 11.6. The summed E-state index contributed by atoms with van der Waals surface area (Å²) in [4.78, 5) is 23.1. The molecule has 5 heteroatoms. The van der Waals surface area contributed by atoms with Gasteiger partial charge in [0.2, 0.25) is 0 Å². The molecule has 2 rings (SSSR count). The Bertz CT molecular complexity index is 595. The molecule has 0 fully saturated rings. The third kappa shape index (κ3) is 1.63. The summed E-state index contributed by atoms with van der Waals surface area (Å²) < 4.78 is 5.88. The van der Waals surface area contributed by atoms with Gasteiger partial charge in [0.15, 0.2) is 5.58 Å². The van der Waals surface area contributed by atoms with Crippen molar-refractivity contribution in [2.24, 2.45) is 0 Å². The van der Waals surface area contributed by atoms with Gasteiger partial charge in [-0.3, -0.25) is 0 Å². The van der Waals surface area contributed by atoms with Gasteiger partial charge in [0, 0.05) is 6.54 Å². The number of para-hydroxylation sites is 2. The van der Waals surface area contributed by atoms with Gasteiger partial charge in [-0.05, 0) is 12.1 Å². The van der Waals surface area contributed by atoms with Gasteiger partial charge < -0.3 is 9.73 Å². The van der Waals surface area contributed by atoms with Gasteiger partial charge in [0.05, 0.1) is 5.52 Å². The van der Waals surface area contributed by atoms with E-state index in [1.807, 2.05) is 0 Å². The van der Waals surface area contributed by atoms with Gasteiger partial charge in [-0.25, -0.2) is 9.59 Å². The van der Waals surface area contributed by atoms with E-state index in [1.54, 1.807) is 24.3 Å². The van der Waals surface area contributed by atoms with Crippen LogP contribution in [0, 0.1) is 0 Å². The number of amides is 1. The highest BCUT2D eigenvalue weighted by Gasteiger charge is 2.14. The molecule has 0 aliphatic carbocycles. The van der Waals surface area contributed by atoms with Crippen LogP contribution in [0.3, 0.4) is 0 Å². The van der Waals surface area contributed by atoms with E-state index in [9.17, 15) is 9.59 Å². The largest absolute Gasteiger partial charge is 0.428 e. The van der Waals surface area contributed by atoms with E-state index in [1.165, 1.54) is 6.08 Å². The van der Waals surface area contributed by atoms with Gasteiger partial charge in [-0.1, -0.05) is 18.2 Å². The number of benzene rings is 1. The Labute approximate surface area is 91.0 Å². The molecular formula is C11H10N2O3. The monoisotopic (exact) mass is 218 g/mol. The van der Waals surface area contributed by atoms with Gasteiger partial charge in [0.25, 0.3) is 0 Å². The fraction of sp³-hybridized carbons (Fsp3) is 0.0909. The van der Waals surface area contributed by atoms with Crippen LogP contribution in [0.2, 0.25) is 0 Å². The van der Waals surface area contributed by atoms with Crippen LogP contribution < -0.4 is 11.1 Å². The second-order valence-corrected chi connectivity index (χ2v) is 3.15. The SMILES string of the molecule is C=CCNC(=O)n1c(=O)oc2ccccc21. The van der Waals surface area contributed by atoms with Crippen molar-refractivity contribution in [3.63, 3.8) is 0 Å². The first-order valence-corrected chi connectivity index (χ1v) is 4.73. The van der Waals surface area contributed by atoms with E-state index in [2.05, 4.69) is 11.9 Å². The van der Waals surface area contributed by atoms with E-state index in [4.69, 9.17) is 4.42 Å². The van der Waals surface area contributed by atoms with Crippen LogP contribution >= 0.6 is 0 Å². The average Bonchev–Trinajstić information content (AvgIpc) is 2.62. The first kappa shape index (κ1) is 10.2. The molecule has 0 aliphatic heterocycles. The van der Waals surface area contributed by atoms with Crippen LogP contribution in [0.15, 0.2) is 46.1 Å². The summed E-state index contributed by atoms with van der Waals surface area (Å²) in [5, 5.41) is 2.51. The number of rotatable bonds is 2. The first-order valence-electron chi connectivity index (χ1n) is 4.73. The van der Waals surface area contributed by atoms with Crippen molar-refractivity contribution in [2.45, 2.75) is 0 Å². The third-order valence-corrected chi connectivity index (χ3v) is 2.09. The predicted molar refractivity (Wildman–Crippen MR) is 59.5 cm³/mol. The highest BCUT2D eigenvalue weighted by molar-refractivity contribution is 5.87. The van der Waals surface area contributed by atoms with Crippen LogP contribution in [0.25, 0.3) is 11.1 Å². The Morgan fingerprint density at radius 3 is 3.00 bits per heavy atom. The number of carbonyl (C=O) groups is 1. The zero-order valence-corrected chi connectivity index (χ0v) is 8.47. The molecule has 0 radical (unpaired) electrons. The van der Waals surface area contributed by atoms with Crippen molar-refractivity contribution >= 4 is 17.1 Å². The molecule has 1 aromatic carbocycles. The number of carbonyl (C=O) groups excluding carboxylic acids is 1. The maximum Gasteiger partial charge on any atom is 0.428 e. The molecule has 0 unspecified atom stereocenters. The molecule has 1 amide bonds. The van der Waals surface area contributed by atoms with Gasteiger partial charge in [-0.15, -0.1) is 6.58 Å². The Morgan fingerprint density at radius 2 is 2.25 bits per heavy atom. The molecule has 0 aliphatic rings. The average molecular weight is 218 g/mol. The first-order chi connectivity index (χ1) is 7.74. The second kappa shape index (κ2) is 4.06. The molecule has 0 spiro atoms. The lowest BCUT2D eigenvalue weighted by molar-refractivity contribution is 0.242. The molecule has 1 heterocycles. The normalized spacial score (nSPS) is 10.2. The maximum absolute atomic E-state index is 11.6. The lowest BCUT2D eigenvalue weighted by Crippen LogP contribution is -2.34. The molecule has 16 heavy (non-hydrogen) atoms. The van der Waals surface area contributed by atoms with E-state index in [0.717, 1.165) is 4.57 Å². The lowest BCUT2D eigenvalue weighted by atomic mass is 10.3. The molecule has 0 saturated heterocycles. The quantitative estimate of drug-likeness (QED) is 0.773. The van der Waals surface area contributed by atoms with Crippen LogP contribution in [0.4, 0.5) is 4.79 Å². The number of aromatic nitrogens is 1. The fourth-order valence-electron chi connectivity index (χ4n) is 1.40. The van der Waals surface area contributed by atoms with Crippen molar-refractivity contribution in [1.29, 1.82) is 0 Å². The Balaban J connectivity index is 2.51. The fourth-order valence-corrected chi connectivity index (χ4v) is 1.40. The minimum atomic E-state index is -0.692. The molecular weight excluding hydrogens is 208 g/mol. The van der Waals surface area contributed by atoms with Crippen LogP contribution in [-0.2, 0) is 0 Å². The molecule has 0 atom stereocenters. The smallest absolute Gasteiger partial charge is 0.407 e. The van der Waals surface area contributed by atoms with Gasteiger partial charge in [0.1, 0.15) is 0 Å². The van der Waals surface area contributed by atoms with Crippen molar-refractivity contribution < 1.29 is 9.21 Å². The minimum absolute atomic E-state index is 0.296. The van der Waals surface area contributed by atoms with Crippen molar-refractivity contribution in [3.05, 3.63) is 47.5 Å². The zero-order valence-electron chi connectivity index (χ0n) is 8.47. The van der Waals surface area contributed by atoms with E-state index in [0.29, 0.717) is 17.6 Å². The van der Waals surface area contributed by atoms with Crippen LogP contribution in [-0.4, -0.2) is 17.1 Å². The number of hydrogen-bond donors (Lipinski definition) is 1. The van der Waals surface area contributed by atoms with Crippen molar-refractivity contribution in [3.8, 4) is 0 Å². The third-order valence-electron chi connectivity index (χ3n) is 2.09. The summed E-state index contributed by atoms with van der Waals surface area (Å²) in [6.45, 7) is 3.77. The van der Waals surface area contributed by atoms with Crippen LogP contribution in [0.5, 0.6) is 0 Å². The molecule has 2 aromatic rings. The summed E-state index contributed by atoms with van der Waals surface area (Å²) in [7, 11) is 0. The van der Waals surface area contributed by atoms with Gasteiger partial charge in [-0.2, -0.15) is 4.57 Å². The summed E-state index contributed by atoms with van der Waals surface area (Å²) in [6.07, 6.45) is 1.53. The minimum Gasteiger partial charge on any atom is -0.407 e. The number of hydrogen-bond acceptors (Lipinski definition) is 3. The Kier molecular flexibility index (Phi) is 2.59. The molecule has 82 valence electrons. The second-order valence-electron chi connectivity index (χ2n) is 3.15.